The normalized spacial score (nSPS) is 10.2. The number of halogens is 1. The Hall–Kier alpha value is -1.85. The molecule has 4 nitrogen and oxygen atoms in total. The fraction of sp³-hybridized carbons (Fsp3) is 0.294. The summed E-state index contributed by atoms with van der Waals surface area (Å²) in [4.78, 5) is 6.13. The molecule has 2 rings (SSSR count). The fourth-order valence-corrected chi connectivity index (χ4v) is 2.25. The van der Waals surface area contributed by atoms with Crippen LogP contribution in [0.3, 0.4) is 0 Å². The lowest BCUT2D eigenvalue weighted by molar-refractivity contribution is 0.463. The van der Waals surface area contributed by atoms with Crippen molar-refractivity contribution in [1.29, 1.82) is 0 Å². The minimum atomic E-state index is 0.404. The summed E-state index contributed by atoms with van der Waals surface area (Å²) in [7, 11) is 1.99. The molecule has 0 radical (unpaired) electrons. The van der Waals surface area contributed by atoms with Gasteiger partial charge in [0.2, 0.25) is 5.88 Å². The van der Waals surface area contributed by atoms with E-state index < -0.39 is 0 Å². The molecule has 0 atom stereocenters. The van der Waals surface area contributed by atoms with E-state index in [2.05, 4.69) is 17.2 Å². The second-order valence-electron chi connectivity index (χ2n) is 5.13. The molecule has 0 aliphatic heterocycles. The number of hydrogen-bond donors (Lipinski definition) is 1. The van der Waals surface area contributed by atoms with Crippen LogP contribution in [0.15, 0.2) is 42.5 Å². The van der Waals surface area contributed by atoms with Crippen LogP contribution in [0.4, 0.5) is 5.69 Å². The monoisotopic (exact) mass is 349 g/mol. The minimum Gasteiger partial charge on any atom is -0.439 e. The summed E-state index contributed by atoms with van der Waals surface area (Å²) in [6, 6.07) is 12.8. The van der Waals surface area contributed by atoms with Gasteiger partial charge in [0.15, 0.2) is 5.11 Å². The third-order valence-corrected chi connectivity index (χ3v) is 3.84. The maximum absolute atomic E-state index is 5.84. The number of nitrogens with one attached hydrogen (secondary N) is 1. The third kappa shape index (κ3) is 5.69. The summed E-state index contributed by atoms with van der Waals surface area (Å²) in [5.41, 5.74) is 0.921. The number of nitrogens with zero attached hydrogens (tertiary/aromatic N) is 2. The van der Waals surface area contributed by atoms with E-state index in [1.165, 1.54) is 0 Å². The molecule has 1 aromatic carbocycles. The van der Waals surface area contributed by atoms with Gasteiger partial charge < -0.3 is 15.0 Å². The van der Waals surface area contributed by atoms with Gasteiger partial charge in [0.1, 0.15) is 10.9 Å². The van der Waals surface area contributed by atoms with Gasteiger partial charge in [0.05, 0.1) is 0 Å². The number of pyridine rings is 1. The Labute approximate surface area is 147 Å². The van der Waals surface area contributed by atoms with Gasteiger partial charge in [0.25, 0.3) is 0 Å². The summed E-state index contributed by atoms with van der Waals surface area (Å²) >= 11 is 11.2. The summed E-state index contributed by atoms with van der Waals surface area (Å²) in [6.07, 6.45) is 2.27. The molecule has 0 aliphatic rings. The molecule has 1 aromatic heterocycles. The summed E-state index contributed by atoms with van der Waals surface area (Å²) in [5, 5.41) is 4.33. The van der Waals surface area contributed by atoms with Crippen molar-refractivity contribution in [3.05, 3.63) is 47.6 Å². The first-order chi connectivity index (χ1) is 11.1. The largest absolute Gasteiger partial charge is 0.439 e. The van der Waals surface area contributed by atoms with Crippen LogP contribution in [0.1, 0.15) is 19.8 Å². The van der Waals surface area contributed by atoms with Gasteiger partial charge in [-0.05, 0) is 49.0 Å². The molecule has 0 spiro atoms. The van der Waals surface area contributed by atoms with E-state index in [0.717, 1.165) is 25.1 Å². The van der Waals surface area contributed by atoms with Crippen molar-refractivity contribution in [1.82, 2.24) is 9.88 Å². The Kier molecular flexibility index (Phi) is 6.62. The number of hydrogen-bond acceptors (Lipinski definition) is 3. The molecule has 0 saturated carbocycles. The first-order valence-corrected chi connectivity index (χ1v) is 8.29. The van der Waals surface area contributed by atoms with Gasteiger partial charge in [-0.2, -0.15) is 0 Å². The summed E-state index contributed by atoms with van der Waals surface area (Å²) < 4.78 is 5.65. The van der Waals surface area contributed by atoms with Crippen molar-refractivity contribution >= 4 is 34.6 Å². The molecule has 1 heterocycles. The molecule has 0 fully saturated rings. The van der Waals surface area contributed by atoms with Crippen molar-refractivity contribution in [2.24, 2.45) is 0 Å². The van der Waals surface area contributed by atoms with Gasteiger partial charge in [0, 0.05) is 25.3 Å². The molecule has 23 heavy (non-hydrogen) atoms. The molecular weight excluding hydrogens is 330 g/mol. The molecule has 6 heteroatoms. The maximum Gasteiger partial charge on any atom is 0.220 e. The third-order valence-electron chi connectivity index (χ3n) is 3.21. The van der Waals surface area contributed by atoms with E-state index in [9.17, 15) is 0 Å². The number of aromatic nitrogens is 1. The topological polar surface area (TPSA) is 37.4 Å². The number of rotatable bonds is 6. The summed E-state index contributed by atoms with van der Waals surface area (Å²) in [5.74, 6) is 1.16. The molecule has 122 valence electrons. The van der Waals surface area contributed by atoms with Crippen LogP contribution in [0, 0.1) is 0 Å². The Bertz CT molecular complexity index is 649. The van der Waals surface area contributed by atoms with E-state index in [1.807, 2.05) is 36.2 Å². The number of anilines is 1. The van der Waals surface area contributed by atoms with Gasteiger partial charge in [-0.15, -0.1) is 0 Å². The maximum atomic E-state index is 5.84. The second kappa shape index (κ2) is 8.70. The zero-order valence-corrected chi connectivity index (χ0v) is 14.8. The molecule has 1 N–H and O–H groups in total. The Morgan fingerprint density at radius 3 is 2.65 bits per heavy atom. The minimum absolute atomic E-state index is 0.404. The van der Waals surface area contributed by atoms with Crippen LogP contribution in [0.25, 0.3) is 0 Å². The molecular formula is C17H20ClN3OS. The van der Waals surface area contributed by atoms with E-state index in [1.54, 1.807) is 18.2 Å². The first-order valence-electron chi connectivity index (χ1n) is 7.51. The lowest BCUT2D eigenvalue weighted by Gasteiger charge is -2.20. The van der Waals surface area contributed by atoms with Crippen molar-refractivity contribution in [3.63, 3.8) is 0 Å². The zero-order chi connectivity index (χ0) is 16.7. The Morgan fingerprint density at radius 2 is 2.00 bits per heavy atom. The first kappa shape index (κ1) is 17.5. The highest BCUT2D eigenvalue weighted by atomic mass is 35.5. The SMILES string of the molecule is CCCCN(C)C(=S)Nc1ccc(Oc2cccc(Cl)n2)cc1. The van der Waals surface area contributed by atoms with Crippen molar-refractivity contribution < 1.29 is 4.74 Å². The van der Waals surface area contributed by atoms with E-state index >= 15 is 0 Å². The quantitative estimate of drug-likeness (QED) is 0.589. The Morgan fingerprint density at radius 1 is 1.26 bits per heavy atom. The number of thiocarbonyl (C=S) groups is 1. The van der Waals surface area contributed by atoms with Gasteiger partial charge >= 0.3 is 0 Å². The van der Waals surface area contributed by atoms with Crippen molar-refractivity contribution in [3.8, 4) is 11.6 Å². The smallest absolute Gasteiger partial charge is 0.220 e. The highest BCUT2D eigenvalue weighted by Crippen LogP contribution is 2.22. The number of unbranched alkanes of at least 4 members (excludes halogenated alkanes) is 1. The van der Waals surface area contributed by atoms with Gasteiger partial charge in [-0.25, -0.2) is 4.98 Å². The molecule has 0 aliphatic carbocycles. The highest BCUT2D eigenvalue weighted by Gasteiger charge is 2.05. The molecule has 0 bridgehead atoms. The van der Waals surface area contributed by atoms with Gasteiger partial charge in [-0.3, -0.25) is 0 Å². The number of benzene rings is 1. The highest BCUT2D eigenvalue weighted by molar-refractivity contribution is 7.80. The van der Waals surface area contributed by atoms with E-state index in [0.29, 0.717) is 21.9 Å². The predicted molar refractivity (Wildman–Crippen MR) is 99.5 cm³/mol. The molecule has 0 amide bonds. The second-order valence-corrected chi connectivity index (χ2v) is 5.90. The molecule has 0 saturated heterocycles. The molecule has 2 aromatic rings. The van der Waals surface area contributed by atoms with Crippen LogP contribution in [0.2, 0.25) is 5.15 Å². The average molecular weight is 350 g/mol. The van der Waals surface area contributed by atoms with Crippen molar-refractivity contribution in [2.75, 3.05) is 18.9 Å². The lowest BCUT2D eigenvalue weighted by Crippen LogP contribution is -2.31. The average Bonchev–Trinajstić information content (AvgIpc) is 2.54. The van der Waals surface area contributed by atoms with Crippen LogP contribution in [-0.2, 0) is 0 Å². The predicted octanol–water partition coefficient (Wildman–Crippen LogP) is 4.96. The lowest BCUT2D eigenvalue weighted by atomic mass is 10.3. The Balaban J connectivity index is 1.93. The van der Waals surface area contributed by atoms with Crippen LogP contribution >= 0.6 is 23.8 Å². The number of ether oxygens (including phenoxy) is 1. The van der Waals surface area contributed by atoms with Crippen LogP contribution in [-0.4, -0.2) is 28.6 Å². The van der Waals surface area contributed by atoms with E-state index in [4.69, 9.17) is 28.6 Å². The standard InChI is InChI=1S/C17H20ClN3OS/c1-3-4-12-21(2)17(23)19-13-8-10-14(11-9-13)22-16-7-5-6-15(18)20-16/h5-11H,3-4,12H2,1-2H3,(H,19,23). The van der Waals surface area contributed by atoms with Crippen LogP contribution < -0.4 is 10.1 Å². The van der Waals surface area contributed by atoms with E-state index in [-0.39, 0.29) is 0 Å². The summed E-state index contributed by atoms with van der Waals surface area (Å²) in [6.45, 7) is 3.11. The zero-order valence-electron chi connectivity index (χ0n) is 13.3. The van der Waals surface area contributed by atoms with Gasteiger partial charge in [-0.1, -0.05) is 31.0 Å². The van der Waals surface area contributed by atoms with Crippen LogP contribution in [0.5, 0.6) is 11.6 Å². The fourth-order valence-electron chi connectivity index (χ4n) is 1.89. The molecule has 0 unspecified atom stereocenters. The van der Waals surface area contributed by atoms with Crippen molar-refractivity contribution in [2.45, 2.75) is 19.8 Å².